The fraction of sp³-hybridized carbons (Fsp3) is 0.0667. The van der Waals surface area contributed by atoms with E-state index in [-0.39, 0.29) is 11.5 Å². The highest BCUT2D eigenvalue weighted by molar-refractivity contribution is 14.1. The Kier molecular flexibility index (Phi) is 3.54. The molecular weight excluding hydrogens is 381 g/mol. The highest BCUT2D eigenvalue weighted by Crippen LogP contribution is 2.18. The Bertz CT molecular complexity index is 872. The summed E-state index contributed by atoms with van der Waals surface area (Å²) in [5.41, 5.74) is 7.03. The van der Waals surface area contributed by atoms with Crippen LogP contribution in [0.2, 0.25) is 0 Å². The largest absolute Gasteiger partial charge is 0.497 e. The minimum atomic E-state index is -0.179. The first kappa shape index (κ1) is 13.9. The lowest BCUT2D eigenvalue weighted by Gasteiger charge is -2.11. The van der Waals surface area contributed by atoms with Crippen molar-refractivity contribution in [2.24, 2.45) is 0 Å². The second-order valence-corrected chi connectivity index (χ2v) is 5.72. The second kappa shape index (κ2) is 5.36. The Morgan fingerprint density at radius 2 is 1.90 bits per heavy atom. The molecule has 0 aliphatic carbocycles. The van der Waals surface area contributed by atoms with Crippen molar-refractivity contribution in [3.8, 4) is 11.4 Å². The number of benzene rings is 2. The Hall–Kier alpha value is -2.09. The summed E-state index contributed by atoms with van der Waals surface area (Å²) in [6.45, 7) is 0. The van der Waals surface area contributed by atoms with Crippen LogP contribution in [0.1, 0.15) is 0 Å². The molecule has 3 aromatic rings. The van der Waals surface area contributed by atoms with Crippen molar-refractivity contribution in [2.45, 2.75) is 0 Å². The number of nitrogens with zero attached hydrogens (tertiary/aromatic N) is 2. The molecule has 0 unspecified atom stereocenters. The molecule has 21 heavy (non-hydrogen) atoms. The number of hydrogen-bond acceptors (Lipinski definition) is 4. The van der Waals surface area contributed by atoms with E-state index in [0.717, 1.165) is 3.57 Å². The molecule has 0 amide bonds. The summed E-state index contributed by atoms with van der Waals surface area (Å²) in [4.78, 5) is 17.0. The van der Waals surface area contributed by atoms with Gasteiger partial charge in [0.15, 0.2) is 0 Å². The van der Waals surface area contributed by atoms with Gasteiger partial charge in [-0.2, -0.15) is 0 Å². The van der Waals surface area contributed by atoms with Gasteiger partial charge in [0.2, 0.25) is 5.95 Å². The molecule has 0 aliphatic rings. The van der Waals surface area contributed by atoms with Gasteiger partial charge >= 0.3 is 0 Å². The topological polar surface area (TPSA) is 70.1 Å². The van der Waals surface area contributed by atoms with Crippen LogP contribution in [0, 0.1) is 3.57 Å². The molecule has 0 saturated heterocycles. The third kappa shape index (κ3) is 2.46. The van der Waals surface area contributed by atoms with Gasteiger partial charge in [0, 0.05) is 3.57 Å². The minimum Gasteiger partial charge on any atom is -0.497 e. The van der Waals surface area contributed by atoms with Crippen LogP contribution in [-0.2, 0) is 0 Å². The van der Waals surface area contributed by atoms with Crippen LogP contribution in [0.25, 0.3) is 16.6 Å². The SMILES string of the molecule is COc1ccc(-n2c(N)nc3ccc(I)cc3c2=O)cc1. The molecule has 2 N–H and O–H groups in total. The fourth-order valence-corrected chi connectivity index (χ4v) is 2.65. The van der Waals surface area contributed by atoms with E-state index in [9.17, 15) is 4.79 Å². The van der Waals surface area contributed by atoms with Crippen molar-refractivity contribution >= 4 is 39.4 Å². The summed E-state index contributed by atoms with van der Waals surface area (Å²) >= 11 is 2.17. The van der Waals surface area contributed by atoms with Crippen molar-refractivity contribution in [3.63, 3.8) is 0 Å². The zero-order chi connectivity index (χ0) is 15.0. The van der Waals surface area contributed by atoms with E-state index in [2.05, 4.69) is 27.6 Å². The lowest BCUT2D eigenvalue weighted by Crippen LogP contribution is -2.23. The number of ether oxygens (including phenoxy) is 1. The summed E-state index contributed by atoms with van der Waals surface area (Å²) in [6.07, 6.45) is 0. The van der Waals surface area contributed by atoms with E-state index in [1.165, 1.54) is 4.57 Å². The maximum absolute atomic E-state index is 12.7. The number of nitrogens with two attached hydrogens (primary N) is 1. The van der Waals surface area contributed by atoms with E-state index < -0.39 is 0 Å². The van der Waals surface area contributed by atoms with Gasteiger partial charge in [0.25, 0.3) is 5.56 Å². The summed E-state index contributed by atoms with van der Waals surface area (Å²) in [5.74, 6) is 0.882. The van der Waals surface area contributed by atoms with Gasteiger partial charge in [-0.15, -0.1) is 0 Å². The molecule has 1 aromatic heterocycles. The third-order valence-corrected chi connectivity index (χ3v) is 3.86. The van der Waals surface area contributed by atoms with Crippen molar-refractivity contribution < 1.29 is 4.74 Å². The molecule has 0 radical (unpaired) electrons. The van der Waals surface area contributed by atoms with Gasteiger partial charge in [0.05, 0.1) is 23.7 Å². The molecule has 0 atom stereocenters. The maximum Gasteiger partial charge on any atom is 0.267 e. The molecule has 6 heteroatoms. The lowest BCUT2D eigenvalue weighted by molar-refractivity contribution is 0.414. The highest BCUT2D eigenvalue weighted by Gasteiger charge is 2.11. The number of nitrogen functional groups attached to an aromatic ring is 1. The molecule has 2 aromatic carbocycles. The van der Waals surface area contributed by atoms with Crippen molar-refractivity contribution in [2.75, 3.05) is 12.8 Å². The highest BCUT2D eigenvalue weighted by atomic mass is 127. The van der Waals surface area contributed by atoms with Crippen LogP contribution >= 0.6 is 22.6 Å². The molecule has 0 aliphatic heterocycles. The average Bonchev–Trinajstić information content (AvgIpc) is 2.49. The van der Waals surface area contributed by atoms with Gasteiger partial charge < -0.3 is 10.5 Å². The van der Waals surface area contributed by atoms with Gasteiger partial charge in [-0.3, -0.25) is 4.79 Å². The quantitative estimate of drug-likeness (QED) is 0.680. The van der Waals surface area contributed by atoms with E-state index in [1.54, 1.807) is 37.4 Å². The Morgan fingerprint density at radius 1 is 1.19 bits per heavy atom. The van der Waals surface area contributed by atoms with Crippen LogP contribution in [0.15, 0.2) is 47.3 Å². The van der Waals surface area contributed by atoms with Gasteiger partial charge in [-0.05, 0) is 65.1 Å². The third-order valence-electron chi connectivity index (χ3n) is 3.19. The van der Waals surface area contributed by atoms with Gasteiger partial charge in [0.1, 0.15) is 5.75 Å². The minimum absolute atomic E-state index is 0.166. The standard InChI is InChI=1S/C15H12IN3O2/c1-21-11-5-3-10(4-6-11)19-14(20)12-8-9(16)2-7-13(12)18-15(19)17/h2-8H,1H3,(H2,17,18). The monoisotopic (exact) mass is 393 g/mol. The van der Waals surface area contributed by atoms with E-state index in [4.69, 9.17) is 10.5 Å². The summed E-state index contributed by atoms with van der Waals surface area (Å²) in [6, 6.07) is 12.6. The molecule has 106 valence electrons. The molecule has 0 saturated carbocycles. The smallest absolute Gasteiger partial charge is 0.267 e. The van der Waals surface area contributed by atoms with Gasteiger partial charge in [-0.1, -0.05) is 0 Å². The number of rotatable bonds is 2. The molecule has 0 spiro atoms. The fourth-order valence-electron chi connectivity index (χ4n) is 2.16. The molecule has 1 heterocycles. The number of aromatic nitrogens is 2. The molecule has 3 rings (SSSR count). The number of halogens is 1. The van der Waals surface area contributed by atoms with Crippen LogP contribution in [0.4, 0.5) is 5.95 Å². The predicted molar refractivity (Wildman–Crippen MR) is 91.0 cm³/mol. The Labute approximate surface area is 134 Å². The average molecular weight is 393 g/mol. The second-order valence-electron chi connectivity index (χ2n) is 4.47. The zero-order valence-electron chi connectivity index (χ0n) is 11.2. The Morgan fingerprint density at radius 3 is 2.57 bits per heavy atom. The Balaban J connectivity index is 2.28. The van der Waals surface area contributed by atoms with E-state index >= 15 is 0 Å². The predicted octanol–water partition coefficient (Wildman–Crippen LogP) is 2.58. The van der Waals surface area contributed by atoms with Crippen LogP contribution in [-0.4, -0.2) is 16.7 Å². The number of methoxy groups -OCH3 is 1. The van der Waals surface area contributed by atoms with Crippen LogP contribution in [0.5, 0.6) is 5.75 Å². The maximum atomic E-state index is 12.7. The summed E-state index contributed by atoms with van der Waals surface area (Å²) < 4.78 is 7.49. The molecule has 0 bridgehead atoms. The zero-order valence-corrected chi connectivity index (χ0v) is 13.4. The van der Waals surface area contributed by atoms with Crippen molar-refractivity contribution in [1.82, 2.24) is 9.55 Å². The number of anilines is 1. The van der Waals surface area contributed by atoms with Crippen LogP contribution in [0.3, 0.4) is 0 Å². The number of hydrogen-bond donors (Lipinski definition) is 1. The summed E-state index contributed by atoms with van der Waals surface area (Å²) in [7, 11) is 1.59. The first-order valence-corrected chi connectivity index (χ1v) is 7.30. The first-order chi connectivity index (χ1) is 10.1. The number of fused-ring (bicyclic) bond motifs is 1. The molecule has 5 nitrogen and oxygen atoms in total. The van der Waals surface area contributed by atoms with Crippen molar-refractivity contribution in [3.05, 3.63) is 56.4 Å². The van der Waals surface area contributed by atoms with E-state index in [1.807, 2.05) is 12.1 Å². The van der Waals surface area contributed by atoms with E-state index in [0.29, 0.717) is 22.3 Å². The van der Waals surface area contributed by atoms with Gasteiger partial charge in [-0.25, -0.2) is 9.55 Å². The molecule has 0 fully saturated rings. The lowest BCUT2D eigenvalue weighted by atomic mass is 10.2. The summed E-state index contributed by atoms with van der Waals surface area (Å²) in [5, 5.41) is 0.548. The van der Waals surface area contributed by atoms with Crippen LogP contribution < -0.4 is 16.0 Å². The normalized spacial score (nSPS) is 10.8. The van der Waals surface area contributed by atoms with Crippen molar-refractivity contribution in [1.29, 1.82) is 0 Å². The first-order valence-electron chi connectivity index (χ1n) is 6.22. The molecular formula is C15H12IN3O2.